The van der Waals surface area contributed by atoms with E-state index in [0.29, 0.717) is 0 Å². The first-order valence-electron chi connectivity index (χ1n) is 24.9. The van der Waals surface area contributed by atoms with Gasteiger partial charge in [0.25, 0.3) is 0 Å². The van der Waals surface area contributed by atoms with E-state index in [4.69, 9.17) is 9.47 Å². The Morgan fingerprint density at radius 3 is 1.52 bits per heavy atom. The van der Waals surface area contributed by atoms with Gasteiger partial charge in [-0.3, -0.25) is 0 Å². The molecule has 67 heavy (non-hydrogen) atoms. The molecular weight excluding hydrogens is 817 g/mol. The van der Waals surface area contributed by atoms with Crippen LogP contribution in [0.3, 0.4) is 0 Å². The maximum atomic E-state index is 5.73. The first kappa shape index (κ1) is 40.7. The lowest BCUT2D eigenvalue weighted by Gasteiger charge is -2.50. The van der Waals surface area contributed by atoms with Crippen LogP contribution in [0.25, 0.3) is 54.9 Å². The molecule has 0 amide bonds. The largest absolute Gasteiger partial charge is 0.497 e. The van der Waals surface area contributed by atoms with Crippen LogP contribution >= 0.6 is 0 Å². The average Bonchev–Trinajstić information content (AvgIpc) is 3.92. The minimum atomic E-state index is -0.0260. The third-order valence-electron chi connectivity index (χ3n) is 18.4. The molecule has 8 aromatic rings. The predicted octanol–water partition coefficient (Wildman–Crippen LogP) is 16.4. The van der Waals surface area contributed by atoms with Crippen molar-refractivity contribution in [2.45, 2.75) is 107 Å². The monoisotopic (exact) mass is 876 g/mol. The van der Waals surface area contributed by atoms with Gasteiger partial charge in [0.1, 0.15) is 11.5 Å². The number of methoxy groups -OCH3 is 2. The van der Waals surface area contributed by atoms with Crippen molar-refractivity contribution in [2.75, 3.05) is 24.0 Å². The van der Waals surface area contributed by atoms with Gasteiger partial charge in [-0.05, 0) is 178 Å². The molecular formula is C63H60N2O2. The summed E-state index contributed by atoms with van der Waals surface area (Å²) in [6.45, 7) is 10.1. The first-order chi connectivity index (χ1) is 32.6. The number of hydrogen-bond donors (Lipinski definition) is 0. The van der Waals surface area contributed by atoms with E-state index >= 15 is 0 Å². The summed E-state index contributed by atoms with van der Waals surface area (Å²) in [6, 6.07) is 55.7. The van der Waals surface area contributed by atoms with Crippen molar-refractivity contribution in [3.05, 3.63) is 168 Å². The van der Waals surface area contributed by atoms with Crippen LogP contribution in [0.4, 0.5) is 22.7 Å². The second-order valence-corrected chi connectivity index (χ2v) is 21.4. The van der Waals surface area contributed by atoms with Crippen LogP contribution in [0.5, 0.6) is 11.5 Å². The molecule has 4 unspecified atom stereocenters. The van der Waals surface area contributed by atoms with E-state index in [0.717, 1.165) is 24.3 Å². The van der Waals surface area contributed by atoms with Gasteiger partial charge < -0.3 is 19.3 Å². The molecule has 2 heterocycles. The Morgan fingerprint density at radius 1 is 0.433 bits per heavy atom. The topological polar surface area (TPSA) is 24.9 Å². The Labute approximate surface area is 396 Å². The van der Waals surface area contributed by atoms with E-state index in [1.165, 1.54) is 145 Å². The number of fused-ring (bicyclic) bond motifs is 14. The standard InChI is InChI=1S/C63H60N2O2/c1-60-29-9-11-31-62(60,3)64(45-15-13-17-47(38-45)66-5)57-27-23-42(36-55(57)60)40-21-25-49-44(33-40)35-54-51-26-22-41(34-53(51)50-19-7-8-20-52(50)59(49)54)43-24-28-58-56(37-43)61(2)30-10-12-32-63(61,4)65(58)46-16-14-18-48(39-46)67-6/h7-8,13-28,33-34,36-39H,9-12,29-32,35H2,1-6H3. The molecule has 334 valence electrons. The van der Waals surface area contributed by atoms with Crippen LogP contribution in [0.1, 0.15) is 101 Å². The quantitative estimate of drug-likeness (QED) is 0.155. The summed E-state index contributed by atoms with van der Waals surface area (Å²) >= 11 is 0. The van der Waals surface area contributed by atoms with Gasteiger partial charge in [0.2, 0.25) is 0 Å². The lowest BCUT2D eigenvalue weighted by Crippen LogP contribution is -2.54. The number of ether oxygens (including phenoxy) is 2. The molecule has 0 N–H and O–H groups in total. The Balaban J connectivity index is 0.885. The average molecular weight is 877 g/mol. The van der Waals surface area contributed by atoms with Gasteiger partial charge in [-0.15, -0.1) is 0 Å². The summed E-state index contributed by atoms with van der Waals surface area (Å²) in [7, 11) is 3.54. The van der Waals surface area contributed by atoms with Crippen molar-refractivity contribution in [2.24, 2.45) is 0 Å². The summed E-state index contributed by atoms with van der Waals surface area (Å²) in [6.07, 6.45) is 10.7. The van der Waals surface area contributed by atoms with E-state index < -0.39 is 0 Å². The highest BCUT2D eigenvalue weighted by Gasteiger charge is 2.59. The molecule has 13 rings (SSSR count). The Morgan fingerprint density at radius 2 is 0.940 bits per heavy atom. The maximum absolute atomic E-state index is 5.73. The summed E-state index contributed by atoms with van der Waals surface area (Å²) in [4.78, 5) is 5.28. The molecule has 0 aromatic heterocycles. The number of benzene rings is 8. The predicted molar refractivity (Wildman–Crippen MR) is 279 cm³/mol. The molecule has 2 aliphatic heterocycles. The van der Waals surface area contributed by atoms with E-state index in [1.807, 2.05) is 0 Å². The summed E-state index contributed by atoms with van der Waals surface area (Å²) in [5, 5.41) is 5.39. The van der Waals surface area contributed by atoms with Gasteiger partial charge in [0.15, 0.2) is 0 Å². The molecule has 4 nitrogen and oxygen atoms in total. The smallest absolute Gasteiger partial charge is 0.120 e. The highest BCUT2D eigenvalue weighted by atomic mass is 16.5. The second-order valence-electron chi connectivity index (χ2n) is 21.4. The van der Waals surface area contributed by atoms with Crippen LogP contribution < -0.4 is 19.3 Å². The van der Waals surface area contributed by atoms with Crippen molar-refractivity contribution < 1.29 is 9.47 Å². The molecule has 0 radical (unpaired) electrons. The number of nitrogens with zero attached hydrogens (tertiary/aromatic N) is 2. The van der Waals surface area contributed by atoms with Crippen LogP contribution in [-0.4, -0.2) is 25.3 Å². The van der Waals surface area contributed by atoms with Crippen molar-refractivity contribution >= 4 is 44.3 Å². The summed E-state index contributed by atoms with van der Waals surface area (Å²) in [5.74, 6) is 1.81. The number of rotatable bonds is 6. The van der Waals surface area contributed by atoms with Crippen molar-refractivity contribution in [3.8, 4) is 44.9 Å². The molecule has 0 bridgehead atoms. The third kappa shape index (κ3) is 5.53. The molecule has 0 saturated heterocycles. The normalized spacial score (nSPS) is 24.5. The Kier molecular flexibility index (Phi) is 8.81. The number of anilines is 4. The first-order valence-corrected chi connectivity index (χ1v) is 24.9. The van der Waals surface area contributed by atoms with Gasteiger partial charge >= 0.3 is 0 Å². The molecule has 0 spiro atoms. The number of hydrogen-bond acceptors (Lipinski definition) is 4. The minimum absolute atomic E-state index is 0.0195. The fourth-order valence-corrected chi connectivity index (χ4v) is 14.4. The lowest BCUT2D eigenvalue weighted by atomic mass is 9.61. The van der Waals surface area contributed by atoms with Crippen LogP contribution in [0.2, 0.25) is 0 Å². The minimum Gasteiger partial charge on any atom is -0.497 e. The van der Waals surface area contributed by atoms with Crippen LogP contribution in [0.15, 0.2) is 146 Å². The molecule has 2 saturated carbocycles. The van der Waals surface area contributed by atoms with E-state index in [2.05, 4.69) is 183 Å². The highest BCUT2D eigenvalue weighted by Crippen LogP contribution is 2.63. The molecule has 8 aromatic carbocycles. The van der Waals surface area contributed by atoms with Gasteiger partial charge in [-0.1, -0.05) is 118 Å². The zero-order chi connectivity index (χ0) is 45.5. The van der Waals surface area contributed by atoms with Gasteiger partial charge in [-0.2, -0.15) is 0 Å². The molecule has 5 aliphatic rings. The van der Waals surface area contributed by atoms with Crippen LogP contribution in [-0.2, 0) is 17.3 Å². The molecule has 4 heteroatoms. The lowest BCUT2D eigenvalue weighted by molar-refractivity contribution is 0.195. The summed E-state index contributed by atoms with van der Waals surface area (Å²) < 4.78 is 11.5. The molecule has 3 aliphatic carbocycles. The maximum Gasteiger partial charge on any atom is 0.120 e. The van der Waals surface area contributed by atoms with Gasteiger partial charge in [-0.25, -0.2) is 0 Å². The van der Waals surface area contributed by atoms with Crippen LogP contribution in [0, 0.1) is 0 Å². The Bertz CT molecular complexity index is 3370. The van der Waals surface area contributed by atoms with Gasteiger partial charge in [0.05, 0.1) is 25.3 Å². The van der Waals surface area contributed by atoms with E-state index in [-0.39, 0.29) is 21.9 Å². The van der Waals surface area contributed by atoms with Gasteiger partial charge in [0, 0.05) is 45.7 Å². The van der Waals surface area contributed by atoms with Crippen molar-refractivity contribution in [1.29, 1.82) is 0 Å². The highest BCUT2D eigenvalue weighted by molar-refractivity contribution is 6.18. The zero-order valence-corrected chi connectivity index (χ0v) is 39.9. The molecule has 4 atom stereocenters. The third-order valence-corrected chi connectivity index (χ3v) is 18.4. The van der Waals surface area contributed by atoms with E-state index in [1.54, 1.807) is 14.2 Å². The summed E-state index contributed by atoms with van der Waals surface area (Å²) in [5.41, 5.74) is 18.9. The Hall–Kier alpha value is -6.52. The van der Waals surface area contributed by atoms with E-state index in [9.17, 15) is 0 Å². The van der Waals surface area contributed by atoms with Crippen molar-refractivity contribution in [3.63, 3.8) is 0 Å². The van der Waals surface area contributed by atoms with Crippen molar-refractivity contribution in [1.82, 2.24) is 0 Å². The fraction of sp³-hybridized carbons (Fsp3) is 0.302. The second kappa shape index (κ2) is 14.5. The SMILES string of the molecule is COc1cccc(N2c3ccc(-c4ccc5c(c4)Cc4c-5c5ccccc5c5cc(-c6ccc7c(c6)C6(C)CCCCC6(C)N7c6cccc(OC)c6)ccc45)cc3C3(C)CCCCC23C)c1. The zero-order valence-electron chi connectivity index (χ0n) is 39.9. The molecule has 2 fully saturated rings. The fourth-order valence-electron chi connectivity index (χ4n) is 14.4.